The van der Waals surface area contributed by atoms with E-state index in [0.29, 0.717) is 17.3 Å². The predicted octanol–water partition coefficient (Wildman–Crippen LogP) is 0.547. The van der Waals surface area contributed by atoms with Crippen molar-refractivity contribution in [3.8, 4) is 23.8 Å². The minimum Gasteiger partial charge on any atom is -0.479 e. The Morgan fingerprint density at radius 3 is 2.92 bits per heavy atom. The molecule has 4 heteroatoms. The van der Waals surface area contributed by atoms with Crippen LogP contribution in [0.25, 0.3) is 0 Å². The summed E-state index contributed by atoms with van der Waals surface area (Å²) in [6.45, 7) is 0. The van der Waals surface area contributed by atoms with Crippen molar-refractivity contribution in [3.05, 3.63) is 17.8 Å². The Balaban J connectivity index is 3.08. The van der Waals surface area contributed by atoms with Gasteiger partial charge < -0.3 is 10.5 Å². The third kappa shape index (κ3) is 2.11. The van der Waals surface area contributed by atoms with Gasteiger partial charge in [0.2, 0.25) is 5.88 Å². The van der Waals surface area contributed by atoms with E-state index in [-0.39, 0.29) is 0 Å². The van der Waals surface area contributed by atoms with Gasteiger partial charge in [0.25, 0.3) is 0 Å². The van der Waals surface area contributed by atoms with Crippen LogP contribution in [0.3, 0.4) is 0 Å². The molecular weight excluding hydrogens is 166 g/mol. The Kier molecular flexibility index (Phi) is 2.73. The number of aromatic nitrogens is 1. The van der Waals surface area contributed by atoms with Gasteiger partial charge in [0.05, 0.1) is 12.8 Å². The van der Waals surface area contributed by atoms with Crippen LogP contribution in [0, 0.1) is 23.2 Å². The van der Waals surface area contributed by atoms with Gasteiger partial charge in [0, 0.05) is 5.92 Å². The second kappa shape index (κ2) is 3.99. The Morgan fingerprint density at radius 2 is 2.31 bits per heavy atom. The normalized spacial score (nSPS) is 8.00. The lowest BCUT2D eigenvalue weighted by molar-refractivity contribution is 0.400. The summed E-state index contributed by atoms with van der Waals surface area (Å²) in [5, 5.41) is 8.20. The van der Waals surface area contributed by atoms with Gasteiger partial charge in [0.15, 0.2) is 6.07 Å². The number of hydrogen-bond acceptors (Lipinski definition) is 4. The molecule has 13 heavy (non-hydrogen) atoms. The summed E-state index contributed by atoms with van der Waals surface area (Å²) in [7, 11) is 1.47. The summed E-state index contributed by atoms with van der Waals surface area (Å²) in [5.74, 6) is 5.09. The highest BCUT2D eigenvalue weighted by Gasteiger charge is 1.99. The van der Waals surface area contributed by atoms with Crippen molar-refractivity contribution in [2.45, 2.75) is 0 Å². The predicted molar refractivity (Wildman–Crippen MR) is 47.7 cm³/mol. The average molecular weight is 173 g/mol. The zero-order valence-corrected chi connectivity index (χ0v) is 7.03. The van der Waals surface area contributed by atoms with Crippen LogP contribution in [0.1, 0.15) is 5.69 Å². The molecular formula is C9H7N3O. The first-order chi connectivity index (χ1) is 6.27. The first-order valence-electron chi connectivity index (χ1n) is 3.48. The summed E-state index contributed by atoms with van der Waals surface area (Å²) in [4.78, 5) is 3.96. The van der Waals surface area contributed by atoms with Gasteiger partial charge in [-0.2, -0.15) is 5.26 Å². The monoisotopic (exact) mass is 173 g/mol. The van der Waals surface area contributed by atoms with Gasteiger partial charge >= 0.3 is 0 Å². The molecule has 1 aromatic heterocycles. The van der Waals surface area contributed by atoms with Crippen LogP contribution >= 0.6 is 0 Å². The number of ether oxygens (including phenoxy) is 1. The molecule has 0 aliphatic heterocycles. The number of nitrogen functional groups attached to an aromatic ring is 1. The summed E-state index contributed by atoms with van der Waals surface area (Å²) in [6.07, 6.45) is 0. The van der Waals surface area contributed by atoms with Crippen LogP contribution in [-0.2, 0) is 0 Å². The molecule has 1 heterocycles. The molecule has 0 saturated heterocycles. The number of pyridine rings is 1. The fraction of sp³-hybridized carbons (Fsp3) is 0.111. The molecule has 0 radical (unpaired) electrons. The zero-order chi connectivity index (χ0) is 9.68. The molecule has 0 aliphatic rings. The number of anilines is 1. The standard InChI is InChI=1S/C9H7N3O/c1-13-9-8(11)5-4-7(12-9)3-2-6-10/h4-5H,11H2,1H3. The van der Waals surface area contributed by atoms with Gasteiger partial charge in [0.1, 0.15) is 5.69 Å². The van der Waals surface area contributed by atoms with E-state index in [0.717, 1.165) is 0 Å². The minimum atomic E-state index is 0.324. The number of nitrogens with two attached hydrogens (primary N) is 1. The summed E-state index contributed by atoms with van der Waals surface area (Å²) in [6, 6.07) is 4.95. The second-order valence-electron chi connectivity index (χ2n) is 2.16. The molecule has 0 fully saturated rings. The van der Waals surface area contributed by atoms with Crippen molar-refractivity contribution < 1.29 is 4.74 Å². The number of methoxy groups -OCH3 is 1. The fourth-order valence-corrected chi connectivity index (χ4v) is 0.776. The Bertz CT molecular complexity index is 409. The molecule has 0 saturated carbocycles. The van der Waals surface area contributed by atoms with E-state index >= 15 is 0 Å². The van der Waals surface area contributed by atoms with Gasteiger partial charge in [-0.05, 0) is 18.1 Å². The molecule has 0 amide bonds. The van der Waals surface area contributed by atoms with Crippen molar-refractivity contribution in [3.63, 3.8) is 0 Å². The van der Waals surface area contributed by atoms with Crippen molar-refractivity contribution in [2.75, 3.05) is 12.8 Å². The summed E-state index contributed by atoms with van der Waals surface area (Å²) >= 11 is 0. The molecule has 0 atom stereocenters. The van der Waals surface area contributed by atoms with E-state index in [2.05, 4.69) is 16.8 Å². The molecule has 1 aromatic rings. The topological polar surface area (TPSA) is 71.9 Å². The second-order valence-corrected chi connectivity index (χ2v) is 2.16. The highest BCUT2D eigenvalue weighted by molar-refractivity contribution is 5.50. The van der Waals surface area contributed by atoms with Crippen LogP contribution in [0.2, 0.25) is 0 Å². The molecule has 0 unspecified atom stereocenters. The van der Waals surface area contributed by atoms with Crippen LogP contribution in [0.15, 0.2) is 12.1 Å². The van der Waals surface area contributed by atoms with Crippen LogP contribution < -0.4 is 10.5 Å². The largest absolute Gasteiger partial charge is 0.479 e. The van der Waals surface area contributed by atoms with Crippen LogP contribution in [0.5, 0.6) is 5.88 Å². The van der Waals surface area contributed by atoms with E-state index in [4.69, 9.17) is 15.7 Å². The lowest BCUT2D eigenvalue weighted by Gasteiger charge is -2.01. The van der Waals surface area contributed by atoms with Crippen molar-refractivity contribution in [1.29, 1.82) is 5.26 Å². The summed E-state index contributed by atoms with van der Waals surface area (Å²) in [5.41, 5.74) is 6.44. The smallest absolute Gasteiger partial charge is 0.238 e. The highest BCUT2D eigenvalue weighted by atomic mass is 16.5. The quantitative estimate of drug-likeness (QED) is 0.629. The Morgan fingerprint density at radius 1 is 1.54 bits per heavy atom. The number of rotatable bonds is 1. The average Bonchev–Trinajstić information content (AvgIpc) is 2.16. The van der Waals surface area contributed by atoms with E-state index in [1.54, 1.807) is 18.2 Å². The molecule has 64 valence electrons. The molecule has 1 rings (SSSR count). The Labute approximate surface area is 76.0 Å². The van der Waals surface area contributed by atoms with Crippen LogP contribution in [-0.4, -0.2) is 12.1 Å². The van der Waals surface area contributed by atoms with E-state index in [1.165, 1.54) is 7.11 Å². The van der Waals surface area contributed by atoms with Crippen molar-refractivity contribution in [1.82, 2.24) is 4.98 Å². The van der Waals surface area contributed by atoms with Gasteiger partial charge in [-0.15, -0.1) is 0 Å². The van der Waals surface area contributed by atoms with Crippen molar-refractivity contribution >= 4 is 5.69 Å². The van der Waals surface area contributed by atoms with Gasteiger partial charge in [-0.1, -0.05) is 0 Å². The maximum Gasteiger partial charge on any atom is 0.238 e. The summed E-state index contributed by atoms with van der Waals surface area (Å²) < 4.78 is 4.88. The number of nitriles is 1. The van der Waals surface area contributed by atoms with E-state index in [1.807, 2.05) is 0 Å². The SMILES string of the molecule is COc1nc(C#CC#N)ccc1N. The molecule has 0 aliphatic carbocycles. The molecule has 0 bridgehead atoms. The molecule has 2 N–H and O–H groups in total. The van der Waals surface area contributed by atoms with Gasteiger partial charge in [-0.3, -0.25) is 0 Å². The zero-order valence-electron chi connectivity index (χ0n) is 7.03. The fourth-order valence-electron chi connectivity index (χ4n) is 0.776. The third-order valence-electron chi connectivity index (χ3n) is 1.33. The molecule has 0 spiro atoms. The number of nitrogens with zero attached hydrogens (tertiary/aromatic N) is 2. The first kappa shape index (κ1) is 8.89. The van der Waals surface area contributed by atoms with Crippen molar-refractivity contribution in [2.24, 2.45) is 0 Å². The van der Waals surface area contributed by atoms with Gasteiger partial charge in [-0.25, -0.2) is 4.98 Å². The molecule has 0 aromatic carbocycles. The lowest BCUT2D eigenvalue weighted by Crippen LogP contribution is -1.96. The third-order valence-corrected chi connectivity index (χ3v) is 1.33. The molecule has 4 nitrogen and oxygen atoms in total. The lowest BCUT2D eigenvalue weighted by atomic mass is 10.3. The maximum absolute atomic E-state index is 8.20. The van der Waals surface area contributed by atoms with Crippen LogP contribution in [0.4, 0.5) is 5.69 Å². The van der Waals surface area contributed by atoms with E-state index < -0.39 is 0 Å². The highest BCUT2D eigenvalue weighted by Crippen LogP contribution is 2.16. The number of hydrogen-bond donors (Lipinski definition) is 1. The maximum atomic E-state index is 8.20. The minimum absolute atomic E-state index is 0.324. The van der Waals surface area contributed by atoms with E-state index in [9.17, 15) is 0 Å². The Hall–Kier alpha value is -2.20. The first-order valence-corrected chi connectivity index (χ1v) is 3.48.